The van der Waals surface area contributed by atoms with Crippen LogP contribution in [0.25, 0.3) is 16.8 Å². The highest BCUT2D eigenvalue weighted by molar-refractivity contribution is 7.91. The van der Waals surface area contributed by atoms with Crippen LogP contribution < -0.4 is 24.8 Å². The number of nitrogens with one attached hydrogen (secondary N) is 3. The summed E-state index contributed by atoms with van der Waals surface area (Å²) in [7, 11) is -2.26. The maximum absolute atomic E-state index is 15.0. The molecule has 4 amide bonds. The molecule has 3 saturated carbocycles. The SMILES string of the molecule is C=C[C@@H]1C[C@]1(NC(=O)[C@@H]1C[C@@H]2CN1C(=O)[C@H](C1CCCCC1)NC(=O)OCC(C)(C)C/C=C/c1cc3c(nc4c(c3cc1OC)CCCC4)O2)C(=O)NS(=O)(=O)C1CC1. The Morgan fingerprint density at radius 2 is 1.81 bits per heavy atom. The summed E-state index contributed by atoms with van der Waals surface area (Å²) in [5.41, 5.74) is 0.944. The number of hydrogen-bond donors (Lipinski definition) is 3. The van der Waals surface area contributed by atoms with Crippen molar-refractivity contribution in [2.75, 3.05) is 20.3 Å². The summed E-state index contributed by atoms with van der Waals surface area (Å²) in [5, 5.41) is 6.94. The van der Waals surface area contributed by atoms with Crippen molar-refractivity contribution in [3.8, 4) is 11.6 Å². The number of ether oxygens (including phenoxy) is 3. The predicted octanol–water partition coefficient (Wildman–Crippen LogP) is 5.26. The first-order valence-electron chi connectivity index (χ1n) is 21.3. The topological polar surface area (TPSA) is 182 Å². The zero-order chi connectivity index (χ0) is 41.7. The van der Waals surface area contributed by atoms with Crippen LogP contribution in [0.5, 0.6) is 11.6 Å². The Kier molecular flexibility index (Phi) is 11.2. The second-order valence-electron chi connectivity index (χ2n) is 18.2. The van der Waals surface area contributed by atoms with Crippen molar-refractivity contribution in [2.45, 2.75) is 133 Å². The van der Waals surface area contributed by atoms with Gasteiger partial charge in [0, 0.05) is 34.4 Å². The molecule has 1 aromatic carbocycles. The van der Waals surface area contributed by atoms with E-state index < -0.39 is 74.1 Å². The number of rotatable bonds is 8. The third-order valence-electron chi connectivity index (χ3n) is 13.2. The summed E-state index contributed by atoms with van der Waals surface area (Å²) in [6.07, 6.45) is 13.9. The largest absolute Gasteiger partial charge is 0.496 e. The average Bonchev–Trinajstić information content (AvgIpc) is 4.15. The Morgan fingerprint density at radius 1 is 1.05 bits per heavy atom. The van der Waals surface area contributed by atoms with Crippen molar-refractivity contribution in [1.29, 1.82) is 0 Å². The van der Waals surface area contributed by atoms with E-state index in [9.17, 15) is 27.6 Å². The number of hydrogen-bond acceptors (Lipinski definition) is 10. The van der Waals surface area contributed by atoms with E-state index in [1.54, 1.807) is 7.11 Å². The fourth-order valence-electron chi connectivity index (χ4n) is 9.48. The molecule has 1 saturated heterocycles. The van der Waals surface area contributed by atoms with Gasteiger partial charge in [-0.2, -0.15) is 0 Å². The standard InChI is InChI=1S/C44H57N5O9S/c1-5-28-23-44(28,41(52)48-59(54,55)30-17-18-30)47-38(50)35-21-29-24-49(35)40(51)37(26-12-7-6-8-13-26)46-42(53)57-25-43(2,3)19-11-14-27-20-33-32(22-36(27)56-4)31-15-9-10-16-34(31)45-39(33)58-29/h5,11,14,20,22,26,28-30,35,37H,1,6-10,12-13,15-19,21,23-25H2,2-4H3,(H,46,53)(H,47,50)(H,48,52)/b14-11+/t28-,29-,35+,37+,44-/m1/s1. The number of aryl methyl sites for hydroxylation is 2. The molecule has 2 aliphatic heterocycles. The molecule has 318 valence electrons. The molecule has 0 spiro atoms. The van der Waals surface area contributed by atoms with Gasteiger partial charge in [-0.25, -0.2) is 18.2 Å². The highest BCUT2D eigenvalue weighted by Crippen LogP contribution is 2.46. The first-order valence-corrected chi connectivity index (χ1v) is 22.9. The minimum Gasteiger partial charge on any atom is -0.496 e. The van der Waals surface area contributed by atoms with Crippen molar-refractivity contribution in [3.63, 3.8) is 0 Å². The van der Waals surface area contributed by atoms with E-state index in [1.807, 2.05) is 38.1 Å². The van der Waals surface area contributed by atoms with Gasteiger partial charge in [-0.15, -0.1) is 6.58 Å². The quantitative estimate of drug-likeness (QED) is 0.297. The molecule has 0 unspecified atom stereocenters. The molecule has 5 atom stereocenters. The molecule has 14 nitrogen and oxygen atoms in total. The van der Waals surface area contributed by atoms with Gasteiger partial charge in [-0.1, -0.05) is 51.3 Å². The lowest BCUT2D eigenvalue weighted by molar-refractivity contribution is -0.142. The smallest absolute Gasteiger partial charge is 0.407 e. The number of aromatic nitrogens is 1. The first kappa shape index (κ1) is 41.1. The highest BCUT2D eigenvalue weighted by Gasteiger charge is 2.62. The number of amides is 4. The number of fused-ring (bicyclic) bond motifs is 5. The number of pyridine rings is 1. The predicted molar refractivity (Wildman–Crippen MR) is 221 cm³/mol. The van der Waals surface area contributed by atoms with Gasteiger partial charge in [-0.05, 0) is 93.2 Å². The van der Waals surface area contributed by atoms with Gasteiger partial charge >= 0.3 is 6.09 Å². The van der Waals surface area contributed by atoms with E-state index in [0.29, 0.717) is 43.7 Å². The number of benzene rings is 1. The number of cyclic esters (lactones) is 1. The number of allylic oxidation sites excluding steroid dienone is 1. The molecule has 0 radical (unpaired) electrons. The van der Waals surface area contributed by atoms with Gasteiger partial charge in [0.1, 0.15) is 29.5 Å². The lowest BCUT2D eigenvalue weighted by Crippen LogP contribution is -2.59. The van der Waals surface area contributed by atoms with Crippen LogP contribution in [0.2, 0.25) is 0 Å². The number of nitrogens with zero attached hydrogens (tertiary/aromatic N) is 2. The Hall–Kier alpha value is -4.66. The Balaban J connectivity index is 1.18. The molecular formula is C44H57N5O9S. The van der Waals surface area contributed by atoms with Crippen LogP contribution in [0.15, 0.2) is 30.9 Å². The van der Waals surface area contributed by atoms with Gasteiger partial charge in [0.25, 0.3) is 5.91 Å². The van der Waals surface area contributed by atoms with Crippen molar-refractivity contribution < 1.29 is 41.8 Å². The minimum absolute atomic E-state index is 0.00716. The van der Waals surface area contributed by atoms with Crippen molar-refractivity contribution in [3.05, 3.63) is 47.7 Å². The Morgan fingerprint density at radius 3 is 2.53 bits per heavy atom. The van der Waals surface area contributed by atoms with Crippen molar-refractivity contribution in [2.24, 2.45) is 17.3 Å². The van der Waals surface area contributed by atoms with Crippen molar-refractivity contribution >= 4 is 50.7 Å². The maximum Gasteiger partial charge on any atom is 0.407 e. The van der Waals surface area contributed by atoms with Crippen LogP contribution >= 0.6 is 0 Å². The van der Waals surface area contributed by atoms with E-state index in [1.165, 1.54) is 11.0 Å². The van der Waals surface area contributed by atoms with Gasteiger partial charge in [0.15, 0.2) is 0 Å². The second kappa shape index (κ2) is 16.1. The molecule has 8 rings (SSSR count). The number of sulfonamides is 1. The van der Waals surface area contributed by atoms with E-state index in [0.717, 1.165) is 72.5 Å². The fraction of sp³-hybridized carbons (Fsp3) is 0.614. The molecule has 4 aliphatic carbocycles. The molecule has 4 bridgehead atoms. The number of carbonyl (C=O) groups is 4. The van der Waals surface area contributed by atoms with E-state index in [4.69, 9.17) is 19.2 Å². The van der Waals surface area contributed by atoms with Crippen LogP contribution in [0.3, 0.4) is 0 Å². The maximum atomic E-state index is 15.0. The molecule has 2 aromatic rings. The molecule has 3 heterocycles. The summed E-state index contributed by atoms with van der Waals surface area (Å²) >= 11 is 0. The number of carbonyl (C=O) groups excluding carboxylic acids is 4. The lowest BCUT2D eigenvalue weighted by Gasteiger charge is -2.35. The molecule has 1 aromatic heterocycles. The van der Waals surface area contributed by atoms with Gasteiger partial charge in [0.2, 0.25) is 27.7 Å². The Labute approximate surface area is 346 Å². The molecule has 59 heavy (non-hydrogen) atoms. The van der Waals surface area contributed by atoms with Gasteiger partial charge in [-0.3, -0.25) is 19.1 Å². The second-order valence-corrected chi connectivity index (χ2v) is 20.2. The fourth-order valence-corrected chi connectivity index (χ4v) is 10.8. The van der Waals surface area contributed by atoms with Gasteiger partial charge < -0.3 is 29.7 Å². The van der Waals surface area contributed by atoms with E-state index in [-0.39, 0.29) is 31.9 Å². The summed E-state index contributed by atoms with van der Waals surface area (Å²) in [4.78, 5) is 63.4. The van der Waals surface area contributed by atoms with Crippen LogP contribution in [-0.2, 0) is 42.0 Å². The number of methoxy groups -OCH3 is 1. The molecule has 6 aliphatic rings. The molecule has 4 fully saturated rings. The lowest BCUT2D eigenvalue weighted by atomic mass is 9.83. The van der Waals surface area contributed by atoms with E-state index >= 15 is 0 Å². The average molecular weight is 832 g/mol. The first-order chi connectivity index (χ1) is 28.2. The molecular weight excluding hydrogens is 775 g/mol. The zero-order valence-electron chi connectivity index (χ0n) is 34.3. The van der Waals surface area contributed by atoms with Crippen LogP contribution in [0.4, 0.5) is 4.79 Å². The Bertz CT molecular complexity index is 2180. The van der Waals surface area contributed by atoms with Crippen molar-refractivity contribution in [1.82, 2.24) is 25.2 Å². The van der Waals surface area contributed by atoms with Crippen LogP contribution in [0.1, 0.15) is 108 Å². The summed E-state index contributed by atoms with van der Waals surface area (Å²) in [5.74, 6) is -1.48. The third kappa shape index (κ3) is 8.40. The van der Waals surface area contributed by atoms with Crippen LogP contribution in [-0.4, -0.2) is 91.4 Å². The minimum atomic E-state index is -3.90. The third-order valence-corrected chi connectivity index (χ3v) is 15.0. The van der Waals surface area contributed by atoms with Crippen LogP contribution in [0, 0.1) is 17.3 Å². The summed E-state index contributed by atoms with van der Waals surface area (Å²) in [6, 6.07) is 1.97. The summed E-state index contributed by atoms with van der Waals surface area (Å²) in [6.45, 7) is 7.94. The van der Waals surface area contributed by atoms with E-state index in [2.05, 4.69) is 21.9 Å². The molecule has 3 N–H and O–H groups in total. The summed E-state index contributed by atoms with van der Waals surface area (Å²) < 4.78 is 46.4. The van der Waals surface area contributed by atoms with Gasteiger partial charge in [0.05, 0.1) is 25.5 Å². The monoisotopic (exact) mass is 831 g/mol. The zero-order valence-corrected chi connectivity index (χ0v) is 35.2. The highest BCUT2D eigenvalue weighted by atomic mass is 32.2. The molecule has 15 heteroatoms. The number of alkyl carbamates (subject to hydrolysis) is 1. The normalized spacial score (nSPS) is 29.2.